The van der Waals surface area contributed by atoms with Crippen LogP contribution in [0.3, 0.4) is 0 Å². The highest BCUT2D eigenvalue weighted by molar-refractivity contribution is 6.99. The number of hydrogen-bond acceptors (Lipinski definition) is 8. The molecule has 0 radical (unpaired) electrons. The largest absolute Gasteiger partial charge is 0.524 e. The summed E-state index contributed by atoms with van der Waals surface area (Å²) in [5, 5.41) is 0. The van der Waals surface area contributed by atoms with Crippen LogP contribution in [-0.4, -0.2) is 28.7 Å². The van der Waals surface area contributed by atoms with Gasteiger partial charge in [0.1, 0.15) is 12.7 Å². The number of hydrogen-bond donors (Lipinski definition) is 0. The topological polar surface area (TPSA) is 64.5 Å². The molecule has 0 aliphatic carbocycles. The smallest absolute Gasteiger partial charge is 0.311 e. The molecule has 0 saturated carbocycles. The Bertz CT molecular complexity index is 1550. The van der Waals surface area contributed by atoms with Crippen LogP contribution in [0, 0.1) is 0 Å². The average molecular weight is 549 g/mol. The molecule has 8 rings (SSSR count). The summed E-state index contributed by atoms with van der Waals surface area (Å²) < 4.78 is 9.71. The SMILES string of the molecule is c1ccc(N2c3cncnc3N(c3ccccc3)[Si]23N(c2ccccc2)c2cncnc2N3c2ccccc2)cc1. The molecule has 41 heavy (non-hydrogen) atoms. The first-order valence-corrected chi connectivity index (χ1v) is 15.2. The first-order valence-electron chi connectivity index (χ1n) is 13.4. The summed E-state index contributed by atoms with van der Waals surface area (Å²) >= 11 is 0. The third kappa shape index (κ3) is 3.33. The van der Waals surface area contributed by atoms with Gasteiger partial charge >= 0.3 is 8.72 Å². The van der Waals surface area contributed by atoms with Crippen molar-refractivity contribution in [1.82, 2.24) is 19.9 Å². The fourth-order valence-electron chi connectivity index (χ4n) is 6.02. The molecule has 196 valence electrons. The minimum Gasteiger partial charge on any atom is -0.311 e. The highest BCUT2D eigenvalue weighted by Gasteiger charge is 2.71. The van der Waals surface area contributed by atoms with E-state index < -0.39 is 8.72 Å². The normalized spacial score (nSPS) is 14.8. The molecular formula is C32H24N8Si. The maximum Gasteiger partial charge on any atom is 0.524 e. The van der Waals surface area contributed by atoms with Gasteiger partial charge in [-0.3, -0.25) is 9.13 Å². The van der Waals surface area contributed by atoms with Crippen LogP contribution < -0.4 is 18.3 Å². The zero-order chi connectivity index (χ0) is 27.2. The third-order valence-corrected chi connectivity index (χ3v) is 11.8. The summed E-state index contributed by atoms with van der Waals surface area (Å²) in [6, 6.07) is 42.0. The highest BCUT2D eigenvalue weighted by atomic mass is 28.4. The van der Waals surface area contributed by atoms with E-state index in [0.717, 1.165) is 45.8 Å². The molecule has 0 unspecified atom stereocenters. The van der Waals surface area contributed by atoms with Crippen molar-refractivity contribution < 1.29 is 0 Å². The molecule has 0 bridgehead atoms. The van der Waals surface area contributed by atoms with Gasteiger partial charge in [-0.15, -0.1) is 0 Å². The molecule has 4 aromatic carbocycles. The van der Waals surface area contributed by atoms with Gasteiger partial charge in [0.25, 0.3) is 0 Å². The second-order valence-electron chi connectivity index (χ2n) is 9.75. The van der Waals surface area contributed by atoms with Crippen LogP contribution in [0.2, 0.25) is 0 Å². The molecule has 0 amide bonds. The van der Waals surface area contributed by atoms with Crippen molar-refractivity contribution in [2.75, 3.05) is 18.3 Å². The van der Waals surface area contributed by atoms with Crippen molar-refractivity contribution in [2.45, 2.75) is 0 Å². The van der Waals surface area contributed by atoms with Gasteiger partial charge in [0.15, 0.2) is 11.6 Å². The Labute approximate surface area is 238 Å². The van der Waals surface area contributed by atoms with Crippen molar-refractivity contribution in [1.29, 1.82) is 0 Å². The number of nitrogens with zero attached hydrogens (tertiary/aromatic N) is 8. The molecule has 2 aliphatic rings. The molecule has 6 aromatic rings. The van der Waals surface area contributed by atoms with Gasteiger partial charge in [-0.05, 0) is 48.5 Å². The number of benzene rings is 4. The Balaban J connectivity index is 1.57. The van der Waals surface area contributed by atoms with Crippen LogP contribution in [0.4, 0.5) is 45.8 Å². The van der Waals surface area contributed by atoms with Gasteiger partial charge < -0.3 is 9.13 Å². The summed E-state index contributed by atoms with van der Waals surface area (Å²) in [6.07, 6.45) is 7.11. The summed E-state index contributed by atoms with van der Waals surface area (Å²) in [5.74, 6) is 1.67. The van der Waals surface area contributed by atoms with Gasteiger partial charge in [-0.1, -0.05) is 72.8 Å². The van der Waals surface area contributed by atoms with Crippen molar-refractivity contribution in [2.24, 2.45) is 0 Å². The lowest BCUT2D eigenvalue weighted by molar-refractivity contribution is 1.13. The zero-order valence-corrected chi connectivity index (χ0v) is 22.9. The van der Waals surface area contributed by atoms with E-state index in [1.54, 1.807) is 12.7 Å². The third-order valence-electron chi connectivity index (χ3n) is 7.51. The van der Waals surface area contributed by atoms with E-state index in [0.29, 0.717) is 0 Å². The molecule has 1 spiro atoms. The van der Waals surface area contributed by atoms with E-state index >= 15 is 0 Å². The molecule has 2 aliphatic heterocycles. The summed E-state index contributed by atoms with van der Waals surface area (Å²) in [7, 11) is -3.43. The van der Waals surface area contributed by atoms with E-state index in [2.05, 4.69) is 125 Å². The molecule has 8 nitrogen and oxygen atoms in total. The monoisotopic (exact) mass is 548 g/mol. The van der Waals surface area contributed by atoms with Crippen molar-refractivity contribution >= 4 is 54.5 Å². The minimum atomic E-state index is -3.43. The lowest BCUT2D eigenvalue weighted by Gasteiger charge is -2.48. The van der Waals surface area contributed by atoms with Gasteiger partial charge in [0, 0.05) is 22.7 Å². The van der Waals surface area contributed by atoms with Gasteiger partial charge in [0.2, 0.25) is 0 Å². The van der Waals surface area contributed by atoms with E-state index in [-0.39, 0.29) is 0 Å². The first kappa shape index (κ1) is 23.4. The molecule has 9 heteroatoms. The van der Waals surface area contributed by atoms with Crippen LogP contribution in [0.1, 0.15) is 0 Å². The lowest BCUT2D eigenvalue weighted by Crippen LogP contribution is -2.76. The average Bonchev–Trinajstić information content (AvgIpc) is 3.51. The molecule has 0 N–H and O–H groups in total. The van der Waals surface area contributed by atoms with Crippen molar-refractivity contribution in [3.8, 4) is 0 Å². The standard InChI is InChI=1S/C32H24N8Si/c1-5-13-25(14-6-1)37-29-21-33-23-35-31(29)39(27-17-9-3-10-18-27)41(37)38(26-15-7-2-8-16-26)30-22-34-24-36-32(30)40(41)28-19-11-4-12-20-28/h1-24H. The quantitative estimate of drug-likeness (QED) is 0.219. The molecule has 0 saturated heterocycles. The minimum absolute atomic E-state index is 0.837. The van der Waals surface area contributed by atoms with E-state index in [4.69, 9.17) is 9.97 Å². The molecule has 0 fully saturated rings. The van der Waals surface area contributed by atoms with Crippen LogP contribution >= 0.6 is 0 Å². The first-order chi connectivity index (χ1) is 20.4. The Morgan fingerprint density at radius 2 is 0.707 bits per heavy atom. The van der Waals surface area contributed by atoms with Crippen LogP contribution in [0.15, 0.2) is 146 Å². The number of anilines is 8. The van der Waals surface area contributed by atoms with E-state index in [1.165, 1.54) is 0 Å². The maximum atomic E-state index is 4.95. The Hall–Kier alpha value is -5.54. The summed E-state index contributed by atoms with van der Waals surface area (Å²) in [4.78, 5) is 19.0. The van der Waals surface area contributed by atoms with Gasteiger partial charge in [-0.2, -0.15) is 0 Å². The van der Waals surface area contributed by atoms with E-state index in [1.807, 2.05) is 36.7 Å². The second-order valence-corrected chi connectivity index (χ2v) is 12.7. The highest BCUT2D eigenvalue weighted by Crippen LogP contribution is 2.60. The molecular weight excluding hydrogens is 524 g/mol. The van der Waals surface area contributed by atoms with Gasteiger partial charge in [0.05, 0.1) is 23.8 Å². The second kappa shape index (κ2) is 9.28. The Kier molecular flexibility index (Phi) is 5.29. The van der Waals surface area contributed by atoms with E-state index in [9.17, 15) is 0 Å². The number of aromatic nitrogens is 4. The maximum absolute atomic E-state index is 4.95. The lowest BCUT2D eigenvalue weighted by atomic mass is 10.3. The fraction of sp³-hybridized carbons (Fsp3) is 0. The number of fused-ring (bicyclic) bond motifs is 2. The summed E-state index contributed by atoms with van der Waals surface area (Å²) in [5.41, 5.74) is 5.99. The van der Waals surface area contributed by atoms with Crippen molar-refractivity contribution in [3.05, 3.63) is 146 Å². The van der Waals surface area contributed by atoms with Crippen LogP contribution in [-0.2, 0) is 0 Å². The predicted octanol–water partition coefficient (Wildman–Crippen LogP) is 6.98. The fourth-order valence-corrected chi connectivity index (χ4v) is 11.1. The molecule has 2 aromatic heterocycles. The van der Waals surface area contributed by atoms with Crippen LogP contribution in [0.25, 0.3) is 0 Å². The number of para-hydroxylation sites is 4. The summed E-state index contributed by atoms with van der Waals surface area (Å²) in [6.45, 7) is 0. The number of rotatable bonds is 4. The van der Waals surface area contributed by atoms with Gasteiger partial charge in [-0.25, -0.2) is 19.9 Å². The Morgan fingerprint density at radius 3 is 1.05 bits per heavy atom. The molecule has 4 heterocycles. The van der Waals surface area contributed by atoms with Crippen LogP contribution in [0.5, 0.6) is 0 Å². The Morgan fingerprint density at radius 1 is 0.390 bits per heavy atom. The zero-order valence-electron chi connectivity index (χ0n) is 21.9. The molecule has 0 atom stereocenters. The van der Waals surface area contributed by atoms with Crippen molar-refractivity contribution in [3.63, 3.8) is 0 Å². The predicted molar refractivity (Wildman–Crippen MR) is 164 cm³/mol.